The normalized spacial score (nSPS) is 10.9. The average molecular weight is 291 g/mol. The van der Waals surface area contributed by atoms with E-state index in [1.807, 2.05) is 25.1 Å². The van der Waals surface area contributed by atoms with Crippen LogP contribution in [0.15, 0.2) is 36.4 Å². The number of fused-ring (bicyclic) bond motifs is 1. The van der Waals surface area contributed by atoms with Gasteiger partial charge in [-0.3, -0.25) is 0 Å². The Bertz CT molecular complexity index is 843. The number of hydrogen-bond donors (Lipinski definition) is 2. The van der Waals surface area contributed by atoms with E-state index in [0.29, 0.717) is 0 Å². The molecular formula is C19H21N3. The van der Waals surface area contributed by atoms with Crippen LogP contribution in [0.2, 0.25) is 0 Å². The summed E-state index contributed by atoms with van der Waals surface area (Å²) in [4.78, 5) is 4.68. The van der Waals surface area contributed by atoms with Gasteiger partial charge in [0.15, 0.2) is 0 Å². The Balaban J connectivity index is 2.18. The summed E-state index contributed by atoms with van der Waals surface area (Å²) in [5, 5.41) is 5.60. The molecule has 0 aliphatic rings. The van der Waals surface area contributed by atoms with Crippen LogP contribution in [0, 0.1) is 27.7 Å². The first-order chi connectivity index (χ1) is 10.5. The molecule has 1 aromatic heterocycles. The van der Waals surface area contributed by atoms with Gasteiger partial charge < -0.3 is 11.1 Å². The van der Waals surface area contributed by atoms with E-state index in [0.717, 1.165) is 33.7 Å². The summed E-state index contributed by atoms with van der Waals surface area (Å²) >= 11 is 0. The molecule has 0 unspecified atom stereocenters. The molecule has 0 amide bonds. The summed E-state index contributed by atoms with van der Waals surface area (Å²) in [6.07, 6.45) is 0. The summed E-state index contributed by atoms with van der Waals surface area (Å²) in [5.74, 6) is 0.859. The minimum absolute atomic E-state index is 0.781. The number of rotatable bonds is 2. The maximum Gasteiger partial charge on any atom is 0.138 e. The van der Waals surface area contributed by atoms with Gasteiger partial charge in [-0.25, -0.2) is 4.98 Å². The van der Waals surface area contributed by atoms with Crippen LogP contribution in [0.1, 0.15) is 22.4 Å². The first-order valence-corrected chi connectivity index (χ1v) is 7.46. The Morgan fingerprint density at radius 1 is 0.909 bits per heavy atom. The SMILES string of the molecule is Cc1cc(C)c(Nc2nc(C)cc3c(N)cccc23)c(C)c1. The second-order valence-corrected chi connectivity index (χ2v) is 5.95. The van der Waals surface area contributed by atoms with Crippen molar-refractivity contribution in [2.24, 2.45) is 0 Å². The van der Waals surface area contributed by atoms with Gasteiger partial charge in [0.2, 0.25) is 0 Å². The minimum atomic E-state index is 0.781. The molecule has 0 aliphatic heterocycles. The zero-order valence-corrected chi connectivity index (χ0v) is 13.5. The van der Waals surface area contributed by atoms with Crippen LogP contribution in [0.4, 0.5) is 17.2 Å². The van der Waals surface area contributed by atoms with Crippen molar-refractivity contribution in [3.8, 4) is 0 Å². The Morgan fingerprint density at radius 2 is 1.59 bits per heavy atom. The van der Waals surface area contributed by atoms with E-state index in [1.54, 1.807) is 0 Å². The molecule has 22 heavy (non-hydrogen) atoms. The lowest BCUT2D eigenvalue weighted by atomic mass is 10.0. The molecule has 0 bridgehead atoms. The van der Waals surface area contributed by atoms with Gasteiger partial charge in [-0.15, -0.1) is 0 Å². The molecule has 3 heteroatoms. The molecule has 0 radical (unpaired) electrons. The van der Waals surface area contributed by atoms with Gasteiger partial charge in [-0.2, -0.15) is 0 Å². The van der Waals surface area contributed by atoms with Crippen molar-refractivity contribution in [2.45, 2.75) is 27.7 Å². The molecule has 0 fully saturated rings. The smallest absolute Gasteiger partial charge is 0.138 e. The van der Waals surface area contributed by atoms with E-state index in [1.165, 1.54) is 16.7 Å². The van der Waals surface area contributed by atoms with Gasteiger partial charge in [0.05, 0.1) is 0 Å². The third-order valence-corrected chi connectivity index (χ3v) is 3.96. The van der Waals surface area contributed by atoms with Gasteiger partial charge in [-0.1, -0.05) is 29.8 Å². The number of pyridine rings is 1. The molecule has 0 aliphatic carbocycles. The van der Waals surface area contributed by atoms with Crippen molar-refractivity contribution < 1.29 is 0 Å². The van der Waals surface area contributed by atoms with Gasteiger partial charge in [0.1, 0.15) is 5.82 Å². The van der Waals surface area contributed by atoms with E-state index in [9.17, 15) is 0 Å². The highest BCUT2D eigenvalue weighted by Gasteiger charge is 2.10. The third kappa shape index (κ3) is 2.50. The number of nitrogens with one attached hydrogen (secondary N) is 1. The third-order valence-electron chi connectivity index (χ3n) is 3.96. The number of aromatic nitrogens is 1. The maximum atomic E-state index is 6.11. The maximum absolute atomic E-state index is 6.11. The van der Waals surface area contributed by atoms with Crippen LogP contribution in [0.25, 0.3) is 10.8 Å². The lowest BCUT2D eigenvalue weighted by Crippen LogP contribution is -2.01. The van der Waals surface area contributed by atoms with Crippen LogP contribution in [0.5, 0.6) is 0 Å². The Kier molecular flexibility index (Phi) is 3.49. The summed E-state index contributed by atoms with van der Waals surface area (Å²) in [5.41, 5.74) is 12.7. The molecule has 112 valence electrons. The van der Waals surface area contributed by atoms with Crippen molar-refractivity contribution in [3.63, 3.8) is 0 Å². The van der Waals surface area contributed by atoms with Crippen LogP contribution in [0.3, 0.4) is 0 Å². The number of nitrogens with two attached hydrogens (primary N) is 1. The van der Waals surface area contributed by atoms with E-state index in [-0.39, 0.29) is 0 Å². The quantitative estimate of drug-likeness (QED) is 0.667. The van der Waals surface area contributed by atoms with Crippen LogP contribution < -0.4 is 11.1 Å². The lowest BCUT2D eigenvalue weighted by molar-refractivity contribution is 1.21. The fourth-order valence-corrected chi connectivity index (χ4v) is 3.02. The van der Waals surface area contributed by atoms with E-state index >= 15 is 0 Å². The highest BCUT2D eigenvalue weighted by atomic mass is 15.0. The first kappa shape index (κ1) is 14.4. The summed E-state index contributed by atoms with van der Waals surface area (Å²) in [7, 11) is 0. The molecule has 2 aromatic carbocycles. The second kappa shape index (κ2) is 5.34. The molecule has 3 N–H and O–H groups in total. The van der Waals surface area contributed by atoms with Crippen LogP contribution >= 0.6 is 0 Å². The second-order valence-electron chi connectivity index (χ2n) is 5.95. The highest BCUT2D eigenvalue weighted by molar-refractivity contribution is 6.00. The van der Waals surface area contributed by atoms with Crippen molar-refractivity contribution >= 4 is 28.0 Å². The number of nitrogen functional groups attached to an aromatic ring is 1. The molecule has 0 atom stereocenters. The molecule has 0 spiro atoms. The molecule has 0 saturated heterocycles. The summed E-state index contributed by atoms with van der Waals surface area (Å²) in [6, 6.07) is 12.3. The number of benzene rings is 2. The zero-order valence-electron chi connectivity index (χ0n) is 13.5. The molecule has 3 nitrogen and oxygen atoms in total. The summed E-state index contributed by atoms with van der Waals surface area (Å²) in [6.45, 7) is 8.35. The number of hydrogen-bond acceptors (Lipinski definition) is 3. The minimum Gasteiger partial charge on any atom is -0.398 e. The number of anilines is 3. The predicted octanol–water partition coefficient (Wildman–Crippen LogP) is 4.79. The topological polar surface area (TPSA) is 50.9 Å². The van der Waals surface area contributed by atoms with Crippen molar-refractivity contribution in [3.05, 3.63) is 58.8 Å². The van der Waals surface area contributed by atoms with E-state index < -0.39 is 0 Å². The van der Waals surface area contributed by atoms with E-state index in [4.69, 9.17) is 5.73 Å². The summed E-state index contributed by atoms with van der Waals surface area (Å²) < 4.78 is 0. The molecule has 3 rings (SSSR count). The van der Waals surface area contributed by atoms with Gasteiger partial charge in [0, 0.05) is 27.8 Å². The van der Waals surface area contributed by atoms with Gasteiger partial charge in [-0.05, 0) is 51.0 Å². The van der Waals surface area contributed by atoms with E-state index in [2.05, 4.69) is 49.3 Å². The van der Waals surface area contributed by atoms with Crippen LogP contribution in [-0.4, -0.2) is 4.98 Å². The standard InChI is InChI=1S/C19H21N3/c1-11-8-12(2)18(13(3)9-11)22-19-15-6-5-7-17(20)16(15)10-14(4)21-19/h5-10H,20H2,1-4H3,(H,21,22). The Morgan fingerprint density at radius 3 is 2.27 bits per heavy atom. The Hall–Kier alpha value is -2.55. The lowest BCUT2D eigenvalue weighted by Gasteiger charge is -2.16. The largest absolute Gasteiger partial charge is 0.398 e. The Labute approximate surface area is 131 Å². The van der Waals surface area contributed by atoms with Gasteiger partial charge in [0.25, 0.3) is 0 Å². The number of aryl methyl sites for hydroxylation is 4. The molecule has 1 heterocycles. The molecule has 3 aromatic rings. The van der Waals surface area contributed by atoms with Gasteiger partial charge >= 0.3 is 0 Å². The van der Waals surface area contributed by atoms with Crippen molar-refractivity contribution in [1.82, 2.24) is 4.98 Å². The van der Waals surface area contributed by atoms with Crippen LogP contribution in [-0.2, 0) is 0 Å². The number of nitrogens with zero attached hydrogens (tertiary/aromatic N) is 1. The molecule has 0 saturated carbocycles. The zero-order chi connectivity index (χ0) is 15.9. The monoisotopic (exact) mass is 291 g/mol. The van der Waals surface area contributed by atoms with Crippen molar-refractivity contribution in [2.75, 3.05) is 11.1 Å². The average Bonchev–Trinajstić information content (AvgIpc) is 2.43. The van der Waals surface area contributed by atoms with Crippen molar-refractivity contribution in [1.29, 1.82) is 0 Å². The fourth-order valence-electron chi connectivity index (χ4n) is 3.02. The first-order valence-electron chi connectivity index (χ1n) is 7.46. The highest BCUT2D eigenvalue weighted by Crippen LogP contribution is 2.31. The molecular weight excluding hydrogens is 270 g/mol. The predicted molar refractivity (Wildman–Crippen MR) is 94.8 cm³/mol. The fraction of sp³-hybridized carbons (Fsp3) is 0.211.